The van der Waals surface area contributed by atoms with Gasteiger partial charge in [-0.2, -0.15) is 0 Å². The largest absolute Gasteiger partial charge is 0.494 e. The van der Waals surface area contributed by atoms with E-state index in [1.165, 1.54) is 0 Å². The molecule has 2 atom stereocenters. The molecule has 1 unspecified atom stereocenters. The van der Waals surface area contributed by atoms with E-state index in [0.29, 0.717) is 13.2 Å². The smallest absolute Gasteiger partial charge is 0.225 e. The van der Waals surface area contributed by atoms with E-state index >= 15 is 0 Å². The third-order valence-corrected chi connectivity index (χ3v) is 3.52. The van der Waals surface area contributed by atoms with Gasteiger partial charge in [0.2, 0.25) is 5.91 Å². The Kier molecular flexibility index (Phi) is 6.82. The summed E-state index contributed by atoms with van der Waals surface area (Å²) in [5.41, 5.74) is 5.82. The average molecular weight is 299 g/mol. The first-order valence-corrected chi connectivity index (χ1v) is 6.89. The Morgan fingerprint density at radius 3 is 2.75 bits per heavy atom. The summed E-state index contributed by atoms with van der Waals surface area (Å²) in [6, 6.07) is 9.83. The highest BCUT2D eigenvalue weighted by Gasteiger charge is 2.26. The van der Waals surface area contributed by atoms with Crippen LogP contribution < -0.4 is 10.5 Å². The van der Waals surface area contributed by atoms with Gasteiger partial charge in [0, 0.05) is 25.0 Å². The number of halogens is 1. The van der Waals surface area contributed by atoms with Gasteiger partial charge in [0.05, 0.1) is 6.61 Å². The monoisotopic (exact) mass is 298 g/mol. The molecular formula is C15H23ClN2O2. The molecule has 1 heterocycles. The normalized spacial score (nSPS) is 19.3. The van der Waals surface area contributed by atoms with E-state index in [0.717, 1.165) is 25.1 Å². The quantitative estimate of drug-likeness (QED) is 0.905. The molecule has 1 aliphatic rings. The van der Waals surface area contributed by atoms with Gasteiger partial charge in [-0.25, -0.2) is 0 Å². The lowest BCUT2D eigenvalue weighted by Crippen LogP contribution is -2.35. The van der Waals surface area contributed by atoms with Crippen molar-refractivity contribution in [3.63, 3.8) is 0 Å². The van der Waals surface area contributed by atoms with Crippen LogP contribution in [0, 0.1) is 5.92 Å². The summed E-state index contributed by atoms with van der Waals surface area (Å²) in [4.78, 5) is 14.0. The molecule has 1 aromatic carbocycles. The molecule has 1 aromatic rings. The Balaban J connectivity index is 0.00000200. The molecule has 2 rings (SSSR count). The third-order valence-electron chi connectivity index (χ3n) is 3.52. The van der Waals surface area contributed by atoms with Gasteiger partial charge in [0.25, 0.3) is 0 Å². The van der Waals surface area contributed by atoms with Crippen molar-refractivity contribution in [2.45, 2.75) is 25.8 Å². The van der Waals surface area contributed by atoms with Crippen molar-refractivity contribution < 1.29 is 9.53 Å². The fourth-order valence-electron chi connectivity index (χ4n) is 2.29. The summed E-state index contributed by atoms with van der Waals surface area (Å²) in [6.07, 6.45) is 1.65. The molecule has 2 N–H and O–H groups in total. The number of nitrogens with two attached hydrogens (primary N) is 1. The summed E-state index contributed by atoms with van der Waals surface area (Å²) in [5.74, 6) is 1.05. The first-order chi connectivity index (χ1) is 9.16. The fraction of sp³-hybridized carbons (Fsp3) is 0.533. The van der Waals surface area contributed by atoms with Crippen molar-refractivity contribution in [2.24, 2.45) is 11.7 Å². The molecule has 112 valence electrons. The van der Waals surface area contributed by atoms with Crippen LogP contribution in [0.5, 0.6) is 5.75 Å². The highest BCUT2D eigenvalue weighted by molar-refractivity contribution is 5.85. The fourth-order valence-corrected chi connectivity index (χ4v) is 2.29. The highest BCUT2D eigenvalue weighted by atomic mass is 35.5. The van der Waals surface area contributed by atoms with Crippen molar-refractivity contribution in [1.82, 2.24) is 4.90 Å². The molecule has 1 fully saturated rings. The van der Waals surface area contributed by atoms with Crippen molar-refractivity contribution in [1.29, 1.82) is 0 Å². The van der Waals surface area contributed by atoms with Gasteiger partial charge < -0.3 is 15.4 Å². The summed E-state index contributed by atoms with van der Waals surface area (Å²) < 4.78 is 5.62. The standard InChI is InChI=1S/C15H22N2O2.ClH/c1-12(15(18)17-9-7-13(16)11-17)8-10-19-14-5-3-2-4-6-14;/h2-6,12-13H,7-11,16H2,1H3;1H/t12?,13-;/m1./s1. The van der Waals surface area contributed by atoms with E-state index in [-0.39, 0.29) is 30.3 Å². The SMILES string of the molecule is CC(CCOc1ccccc1)C(=O)N1CC[C@@H](N)C1.Cl. The van der Waals surface area contributed by atoms with E-state index < -0.39 is 0 Å². The molecule has 5 heteroatoms. The third kappa shape index (κ3) is 4.69. The van der Waals surface area contributed by atoms with Crippen LogP contribution in [-0.2, 0) is 4.79 Å². The van der Waals surface area contributed by atoms with Crippen LogP contribution in [0.25, 0.3) is 0 Å². The van der Waals surface area contributed by atoms with Crippen LogP contribution in [0.15, 0.2) is 30.3 Å². The number of hydrogen-bond donors (Lipinski definition) is 1. The number of hydrogen-bond acceptors (Lipinski definition) is 3. The predicted octanol–water partition coefficient (Wildman–Crippen LogP) is 2.07. The minimum Gasteiger partial charge on any atom is -0.494 e. The van der Waals surface area contributed by atoms with E-state index in [2.05, 4.69) is 0 Å². The van der Waals surface area contributed by atoms with Gasteiger partial charge in [0.15, 0.2) is 0 Å². The zero-order chi connectivity index (χ0) is 13.7. The molecular weight excluding hydrogens is 276 g/mol. The molecule has 1 aliphatic heterocycles. The van der Waals surface area contributed by atoms with Crippen molar-refractivity contribution >= 4 is 18.3 Å². The molecule has 0 bridgehead atoms. The molecule has 0 aromatic heterocycles. The maximum absolute atomic E-state index is 12.1. The predicted molar refractivity (Wildman–Crippen MR) is 82.1 cm³/mol. The Morgan fingerprint density at radius 2 is 2.15 bits per heavy atom. The molecule has 0 radical (unpaired) electrons. The van der Waals surface area contributed by atoms with E-state index in [4.69, 9.17) is 10.5 Å². The van der Waals surface area contributed by atoms with Crippen LogP contribution >= 0.6 is 12.4 Å². The summed E-state index contributed by atoms with van der Waals surface area (Å²) in [6.45, 7) is 4.02. The summed E-state index contributed by atoms with van der Waals surface area (Å²) >= 11 is 0. The van der Waals surface area contributed by atoms with Crippen LogP contribution in [0.1, 0.15) is 19.8 Å². The minimum absolute atomic E-state index is 0. The number of carbonyl (C=O) groups is 1. The van der Waals surface area contributed by atoms with Gasteiger partial charge >= 0.3 is 0 Å². The number of amides is 1. The van der Waals surface area contributed by atoms with Gasteiger partial charge in [0.1, 0.15) is 5.75 Å². The number of para-hydroxylation sites is 1. The van der Waals surface area contributed by atoms with Gasteiger partial charge in [-0.15, -0.1) is 12.4 Å². The van der Waals surface area contributed by atoms with Crippen LogP contribution in [0.4, 0.5) is 0 Å². The van der Waals surface area contributed by atoms with Crippen molar-refractivity contribution in [2.75, 3.05) is 19.7 Å². The number of likely N-dealkylation sites (tertiary alicyclic amines) is 1. The minimum atomic E-state index is -0.00554. The van der Waals surface area contributed by atoms with E-state index in [9.17, 15) is 4.79 Å². The second-order valence-electron chi connectivity index (χ2n) is 5.18. The van der Waals surface area contributed by atoms with Gasteiger partial charge in [-0.1, -0.05) is 25.1 Å². The second kappa shape index (κ2) is 8.12. The second-order valence-corrected chi connectivity index (χ2v) is 5.18. The zero-order valence-electron chi connectivity index (χ0n) is 11.8. The Morgan fingerprint density at radius 1 is 1.45 bits per heavy atom. The lowest BCUT2D eigenvalue weighted by Gasteiger charge is -2.20. The molecule has 20 heavy (non-hydrogen) atoms. The first kappa shape index (κ1) is 16.8. The molecule has 4 nitrogen and oxygen atoms in total. The Bertz CT molecular complexity index is 414. The van der Waals surface area contributed by atoms with E-state index in [1.54, 1.807) is 0 Å². The lowest BCUT2D eigenvalue weighted by molar-refractivity contribution is -0.134. The van der Waals surface area contributed by atoms with Crippen LogP contribution in [-0.4, -0.2) is 36.5 Å². The maximum atomic E-state index is 12.1. The number of benzene rings is 1. The molecule has 1 amide bonds. The van der Waals surface area contributed by atoms with Gasteiger partial charge in [-0.05, 0) is 25.0 Å². The topological polar surface area (TPSA) is 55.6 Å². The zero-order valence-corrected chi connectivity index (χ0v) is 12.6. The average Bonchev–Trinajstić information content (AvgIpc) is 2.85. The number of rotatable bonds is 5. The lowest BCUT2D eigenvalue weighted by atomic mass is 10.1. The summed E-state index contributed by atoms with van der Waals surface area (Å²) in [7, 11) is 0. The Hall–Kier alpha value is -1.26. The van der Waals surface area contributed by atoms with Crippen LogP contribution in [0.2, 0.25) is 0 Å². The first-order valence-electron chi connectivity index (χ1n) is 6.89. The van der Waals surface area contributed by atoms with Gasteiger partial charge in [-0.3, -0.25) is 4.79 Å². The van der Waals surface area contributed by atoms with Crippen molar-refractivity contribution in [3.05, 3.63) is 30.3 Å². The number of carbonyl (C=O) groups excluding carboxylic acids is 1. The Labute approximate surface area is 126 Å². The molecule has 0 aliphatic carbocycles. The molecule has 1 saturated heterocycles. The summed E-state index contributed by atoms with van der Waals surface area (Å²) in [5, 5.41) is 0. The maximum Gasteiger partial charge on any atom is 0.225 e. The number of nitrogens with zero attached hydrogens (tertiary/aromatic N) is 1. The van der Waals surface area contributed by atoms with E-state index in [1.807, 2.05) is 42.2 Å². The highest BCUT2D eigenvalue weighted by Crippen LogP contribution is 2.15. The van der Waals surface area contributed by atoms with Crippen molar-refractivity contribution in [3.8, 4) is 5.75 Å². The molecule has 0 spiro atoms. The number of ether oxygens (including phenoxy) is 1. The molecule has 0 saturated carbocycles. The van der Waals surface area contributed by atoms with Crippen LogP contribution in [0.3, 0.4) is 0 Å².